The fraction of sp³-hybridized carbons (Fsp3) is 0.611. The van der Waals surface area contributed by atoms with Crippen LogP contribution < -0.4 is 10.1 Å². The van der Waals surface area contributed by atoms with Crippen LogP contribution in [0.25, 0.3) is 0 Å². The summed E-state index contributed by atoms with van der Waals surface area (Å²) in [5.74, 6) is 1.61. The summed E-state index contributed by atoms with van der Waals surface area (Å²) in [6, 6.07) is 7.46. The number of nitrogens with one attached hydrogen (secondary N) is 1. The van der Waals surface area contributed by atoms with Crippen molar-refractivity contribution >= 4 is 11.6 Å². The van der Waals surface area contributed by atoms with Crippen LogP contribution in [0.5, 0.6) is 5.75 Å². The number of hydrogen-bond acceptors (Lipinski definition) is 4. The van der Waals surface area contributed by atoms with E-state index >= 15 is 0 Å². The van der Waals surface area contributed by atoms with E-state index in [0.29, 0.717) is 26.4 Å². The van der Waals surface area contributed by atoms with Crippen LogP contribution in [-0.2, 0) is 9.53 Å². The number of ether oxygens (including phenoxy) is 2. The second kappa shape index (κ2) is 9.53. The van der Waals surface area contributed by atoms with Crippen LogP contribution in [0.4, 0.5) is 5.69 Å². The van der Waals surface area contributed by atoms with E-state index in [1.54, 1.807) is 0 Å². The third kappa shape index (κ3) is 6.59. The van der Waals surface area contributed by atoms with E-state index in [2.05, 4.69) is 17.1 Å². The quantitative estimate of drug-likeness (QED) is 0.748. The molecule has 0 saturated carbocycles. The molecular weight excluding hydrogens is 292 g/mol. The van der Waals surface area contributed by atoms with Crippen LogP contribution in [0.1, 0.15) is 26.7 Å². The molecule has 1 aliphatic rings. The van der Waals surface area contributed by atoms with Gasteiger partial charge in [0.1, 0.15) is 12.4 Å². The minimum absolute atomic E-state index is 0.0459. The van der Waals surface area contributed by atoms with Gasteiger partial charge in [-0.2, -0.15) is 0 Å². The second-order valence-corrected chi connectivity index (χ2v) is 6.08. The number of rotatable bonds is 8. The maximum Gasteiger partial charge on any atom is 0.238 e. The molecule has 23 heavy (non-hydrogen) atoms. The number of carbonyl (C=O) groups is 1. The summed E-state index contributed by atoms with van der Waals surface area (Å²) in [5, 5.41) is 2.94. The van der Waals surface area contributed by atoms with Gasteiger partial charge in [0.05, 0.1) is 13.2 Å². The number of benzene rings is 1. The maximum atomic E-state index is 12.1. The van der Waals surface area contributed by atoms with Crippen molar-refractivity contribution < 1.29 is 14.3 Å². The normalized spacial score (nSPS) is 16.3. The first-order valence-corrected chi connectivity index (χ1v) is 8.50. The zero-order valence-corrected chi connectivity index (χ0v) is 14.2. The minimum Gasteiger partial charge on any atom is -0.491 e. The van der Waals surface area contributed by atoms with E-state index in [0.717, 1.165) is 30.4 Å². The van der Waals surface area contributed by atoms with Gasteiger partial charge in [-0.25, -0.2) is 0 Å². The van der Waals surface area contributed by atoms with Gasteiger partial charge in [-0.3, -0.25) is 9.69 Å². The smallest absolute Gasteiger partial charge is 0.238 e. The Labute approximate surface area is 139 Å². The van der Waals surface area contributed by atoms with Crippen LogP contribution in [0, 0.1) is 5.92 Å². The van der Waals surface area contributed by atoms with Gasteiger partial charge in [-0.1, -0.05) is 6.92 Å². The summed E-state index contributed by atoms with van der Waals surface area (Å²) in [6.45, 7) is 8.56. The molecule has 0 unspecified atom stereocenters. The predicted molar refractivity (Wildman–Crippen MR) is 91.9 cm³/mol. The molecule has 1 saturated heterocycles. The molecule has 0 radical (unpaired) electrons. The molecule has 5 nitrogen and oxygen atoms in total. The van der Waals surface area contributed by atoms with Gasteiger partial charge in [0, 0.05) is 12.3 Å². The van der Waals surface area contributed by atoms with Crippen molar-refractivity contribution in [2.75, 3.05) is 44.8 Å². The highest BCUT2D eigenvalue weighted by molar-refractivity contribution is 5.92. The fourth-order valence-corrected chi connectivity index (χ4v) is 2.62. The van der Waals surface area contributed by atoms with Gasteiger partial charge in [-0.05, 0) is 63.0 Å². The van der Waals surface area contributed by atoms with Crippen LogP contribution in [0.2, 0.25) is 0 Å². The first-order chi connectivity index (χ1) is 11.2. The van der Waals surface area contributed by atoms with Gasteiger partial charge in [0.2, 0.25) is 5.91 Å². The predicted octanol–water partition coefficient (Wildman–Crippen LogP) is 2.77. The van der Waals surface area contributed by atoms with E-state index in [9.17, 15) is 4.79 Å². The molecule has 0 aromatic heterocycles. The SMILES string of the molecule is CCOCCOc1ccc(NC(=O)CN2CCC(C)CC2)cc1. The number of carbonyl (C=O) groups excluding carboxylic acids is 1. The van der Waals surface area contributed by atoms with Gasteiger partial charge >= 0.3 is 0 Å². The Bertz CT molecular complexity index is 468. The lowest BCUT2D eigenvalue weighted by molar-refractivity contribution is -0.117. The average Bonchev–Trinajstić information content (AvgIpc) is 2.55. The third-order valence-electron chi connectivity index (χ3n) is 4.08. The lowest BCUT2D eigenvalue weighted by Gasteiger charge is -2.29. The zero-order chi connectivity index (χ0) is 16.5. The summed E-state index contributed by atoms with van der Waals surface area (Å²) < 4.78 is 10.8. The first-order valence-electron chi connectivity index (χ1n) is 8.50. The third-order valence-corrected chi connectivity index (χ3v) is 4.08. The Kier molecular flexibility index (Phi) is 7.36. The van der Waals surface area contributed by atoms with Crippen molar-refractivity contribution in [1.82, 2.24) is 4.90 Å². The van der Waals surface area contributed by atoms with Crippen molar-refractivity contribution in [3.05, 3.63) is 24.3 Å². The molecule has 0 spiro atoms. The zero-order valence-electron chi connectivity index (χ0n) is 14.2. The molecule has 5 heteroatoms. The summed E-state index contributed by atoms with van der Waals surface area (Å²) >= 11 is 0. The molecule has 1 heterocycles. The lowest BCUT2D eigenvalue weighted by Crippen LogP contribution is -2.38. The van der Waals surface area contributed by atoms with Crippen molar-refractivity contribution in [3.8, 4) is 5.75 Å². The van der Waals surface area contributed by atoms with E-state index in [1.807, 2.05) is 31.2 Å². The molecule has 1 fully saturated rings. The van der Waals surface area contributed by atoms with E-state index in [1.165, 1.54) is 12.8 Å². The fourth-order valence-electron chi connectivity index (χ4n) is 2.62. The molecule has 0 aliphatic carbocycles. The Morgan fingerprint density at radius 1 is 1.22 bits per heavy atom. The number of amides is 1. The van der Waals surface area contributed by atoms with Crippen molar-refractivity contribution in [2.45, 2.75) is 26.7 Å². The number of likely N-dealkylation sites (tertiary alicyclic amines) is 1. The standard InChI is InChI=1S/C18H28N2O3/c1-3-22-12-13-23-17-6-4-16(5-7-17)19-18(21)14-20-10-8-15(2)9-11-20/h4-7,15H,3,8-14H2,1-2H3,(H,19,21). The second-order valence-electron chi connectivity index (χ2n) is 6.08. The van der Waals surface area contributed by atoms with Gasteiger partial charge in [0.15, 0.2) is 0 Å². The highest BCUT2D eigenvalue weighted by Crippen LogP contribution is 2.17. The largest absolute Gasteiger partial charge is 0.491 e. The van der Waals surface area contributed by atoms with Crippen LogP contribution in [0.3, 0.4) is 0 Å². The van der Waals surface area contributed by atoms with Gasteiger partial charge < -0.3 is 14.8 Å². The Balaban J connectivity index is 1.71. The number of nitrogens with zero attached hydrogens (tertiary/aromatic N) is 1. The number of piperidine rings is 1. The van der Waals surface area contributed by atoms with E-state index in [4.69, 9.17) is 9.47 Å². The highest BCUT2D eigenvalue weighted by atomic mass is 16.5. The van der Waals surface area contributed by atoms with Crippen LogP contribution >= 0.6 is 0 Å². The topological polar surface area (TPSA) is 50.8 Å². The van der Waals surface area contributed by atoms with Gasteiger partial charge in [-0.15, -0.1) is 0 Å². The summed E-state index contributed by atoms with van der Waals surface area (Å²) in [7, 11) is 0. The van der Waals surface area contributed by atoms with Crippen molar-refractivity contribution in [1.29, 1.82) is 0 Å². The lowest BCUT2D eigenvalue weighted by atomic mass is 9.99. The summed E-state index contributed by atoms with van der Waals surface area (Å²) in [4.78, 5) is 14.3. The Hall–Kier alpha value is -1.59. The van der Waals surface area contributed by atoms with Crippen molar-refractivity contribution in [2.24, 2.45) is 5.92 Å². The average molecular weight is 320 g/mol. The summed E-state index contributed by atoms with van der Waals surface area (Å²) in [6.07, 6.45) is 2.36. The highest BCUT2D eigenvalue weighted by Gasteiger charge is 2.17. The van der Waals surface area contributed by atoms with Crippen LogP contribution in [0.15, 0.2) is 24.3 Å². The molecule has 1 aromatic rings. The maximum absolute atomic E-state index is 12.1. The monoisotopic (exact) mass is 320 g/mol. The molecular formula is C18H28N2O3. The minimum atomic E-state index is 0.0459. The Morgan fingerprint density at radius 3 is 2.57 bits per heavy atom. The molecule has 0 bridgehead atoms. The molecule has 1 aromatic carbocycles. The molecule has 1 aliphatic heterocycles. The molecule has 2 rings (SSSR count). The molecule has 1 N–H and O–H groups in total. The Morgan fingerprint density at radius 2 is 1.91 bits per heavy atom. The molecule has 1 amide bonds. The molecule has 0 atom stereocenters. The van der Waals surface area contributed by atoms with Crippen LogP contribution in [-0.4, -0.2) is 50.3 Å². The van der Waals surface area contributed by atoms with E-state index in [-0.39, 0.29) is 5.91 Å². The van der Waals surface area contributed by atoms with Crippen molar-refractivity contribution in [3.63, 3.8) is 0 Å². The van der Waals surface area contributed by atoms with Gasteiger partial charge in [0.25, 0.3) is 0 Å². The molecule has 128 valence electrons. The number of anilines is 1. The van der Waals surface area contributed by atoms with E-state index < -0.39 is 0 Å². The first kappa shape index (κ1) is 17.8. The summed E-state index contributed by atoms with van der Waals surface area (Å²) in [5.41, 5.74) is 0.803. The number of hydrogen-bond donors (Lipinski definition) is 1.